The minimum Gasteiger partial charge on any atom is -0.321 e. The van der Waals surface area contributed by atoms with Crippen LogP contribution in [0.2, 0.25) is 5.02 Å². The molecule has 0 spiro atoms. The zero-order valence-electron chi connectivity index (χ0n) is 10.8. The van der Waals surface area contributed by atoms with Crippen molar-refractivity contribution < 1.29 is 4.79 Å². The monoisotopic (exact) mass is 285 g/mol. The highest BCUT2D eigenvalue weighted by molar-refractivity contribution is 6.34. The van der Waals surface area contributed by atoms with Gasteiger partial charge in [0.1, 0.15) is 0 Å². The molecule has 3 aromatic rings. The summed E-state index contributed by atoms with van der Waals surface area (Å²) in [5.74, 6) is -0.202. The molecule has 5 heteroatoms. The molecule has 2 aromatic carbocycles. The molecule has 20 heavy (non-hydrogen) atoms. The molecule has 0 saturated carbocycles. The van der Waals surface area contributed by atoms with Gasteiger partial charge in [-0.3, -0.25) is 9.89 Å². The van der Waals surface area contributed by atoms with E-state index in [4.69, 9.17) is 11.6 Å². The molecule has 0 aliphatic rings. The summed E-state index contributed by atoms with van der Waals surface area (Å²) in [5, 5.41) is 11.1. The number of aromatic amines is 1. The van der Waals surface area contributed by atoms with Crippen molar-refractivity contribution in [1.82, 2.24) is 10.2 Å². The first-order chi connectivity index (χ1) is 9.63. The number of hydrogen-bond donors (Lipinski definition) is 2. The zero-order valence-corrected chi connectivity index (χ0v) is 11.5. The first kappa shape index (κ1) is 12.7. The molecular weight excluding hydrogens is 274 g/mol. The van der Waals surface area contributed by atoms with Crippen LogP contribution in [-0.4, -0.2) is 16.1 Å². The molecule has 3 rings (SSSR count). The second-order valence-corrected chi connectivity index (χ2v) is 5.02. The average Bonchev–Trinajstić information content (AvgIpc) is 2.89. The van der Waals surface area contributed by atoms with Crippen LogP contribution in [0.5, 0.6) is 0 Å². The summed E-state index contributed by atoms with van der Waals surface area (Å²) in [4.78, 5) is 12.2. The first-order valence-corrected chi connectivity index (χ1v) is 6.52. The molecule has 0 atom stereocenters. The van der Waals surface area contributed by atoms with Crippen molar-refractivity contribution in [2.45, 2.75) is 6.92 Å². The quantitative estimate of drug-likeness (QED) is 0.753. The summed E-state index contributed by atoms with van der Waals surface area (Å²) in [6.07, 6.45) is 1.72. The number of halogens is 1. The van der Waals surface area contributed by atoms with Crippen molar-refractivity contribution in [2.75, 3.05) is 5.32 Å². The molecule has 0 unspecified atom stereocenters. The highest BCUT2D eigenvalue weighted by Gasteiger charge is 2.09. The topological polar surface area (TPSA) is 57.8 Å². The maximum absolute atomic E-state index is 12.2. The van der Waals surface area contributed by atoms with E-state index in [1.807, 2.05) is 25.1 Å². The van der Waals surface area contributed by atoms with Crippen LogP contribution in [-0.2, 0) is 0 Å². The summed E-state index contributed by atoms with van der Waals surface area (Å²) in [7, 11) is 0. The van der Waals surface area contributed by atoms with E-state index in [2.05, 4.69) is 15.5 Å². The fourth-order valence-corrected chi connectivity index (χ4v) is 2.28. The first-order valence-electron chi connectivity index (χ1n) is 6.14. The third kappa shape index (κ3) is 2.38. The summed E-state index contributed by atoms with van der Waals surface area (Å²) in [5.41, 5.74) is 3.03. The van der Waals surface area contributed by atoms with E-state index in [0.29, 0.717) is 16.3 Å². The highest BCUT2D eigenvalue weighted by Crippen LogP contribution is 2.23. The maximum atomic E-state index is 12.2. The molecule has 0 bridgehead atoms. The van der Waals surface area contributed by atoms with Gasteiger partial charge in [0.15, 0.2) is 0 Å². The number of aryl methyl sites for hydroxylation is 1. The lowest BCUT2D eigenvalue weighted by molar-refractivity contribution is 0.102. The van der Waals surface area contributed by atoms with Crippen LogP contribution in [0.4, 0.5) is 5.69 Å². The molecule has 1 heterocycles. The smallest absolute Gasteiger partial charge is 0.255 e. The van der Waals surface area contributed by atoms with Gasteiger partial charge < -0.3 is 5.32 Å². The summed E-state index contributed by atoms with van der Waals surface area (Å²) < 4.78 is 0. The number of benzene rings is 2. The van der Waals surface area contributed by atoms with Gasteiger partial charge >= 0.3 is 0 Å². The second kappa shape index (κ2) is 4.98. The lowest BCUT2D eigenvalue weighted by Crippen LogP contribution is -2.12. The normalized spacial score (nSPS) is 10.7. The van der Waals surface area contributed by atoms with E-state index in [0.717, 1.165) is 16.5 Å². The van der Waals surface area contributed by atoms with E-state index in [9.17, 15) is 4.79 Å². The number of rotatable bonds is 2. The van der Waals surface area contributed by atoms with Crippen molar-refractivity contribution >= 4 is 34.1 Å². The largest absolute Gasteiger partial charge is 0.321 e. The zero-order chi connectivity index (χ0) is 14.1. The lowest BCUT2D eigenvalue weighted by Gasteiger charge is -2.08. The Morgan fingerprint density at radius 1 is 1.25 bits per heavy atom. The Kier molecular flexibility index (Phi) is 3.16. The third-order valence-electron chi connectivity index (χ3n) is 3.08. The van der Waals surface area contributed by atoms with E-state index in [1.165, 1.54) is 0 Å². The minimum absolute atomic E-state index is 0.202. The number of aromatic nitrogens is 2. The Morgan fingerprint density at radius 2 is 2.10 bits per heavy atom. The fraction of sp³-hybridized carbons (Fsp3) is 0.0667. The van der Waals surface area contributed by atoms with Gasteiger partial charge in [-0.2, -0.15) is 5.10 Å². The summed E-state index contributed by atoms with van der Waals surface area (Å²) in [6.45, 7) is 1.95. The van der Waals surface area contributed by atoms with Gasteiger partial charge in [0.2, 0.25) is 0 Å². The molecule has 1 amide bonds. The minimum atomic E-state index is -0.202. The van der Waals surface area contributed by atoms with E-state index in [-0.39, 0.29) is 5.91 Å². The Labute approximate surface area is 120 Å². The highest BCUT2D eigenvalue weighted by atomic mass is 35.5. The molecule has 0 aliphatic heterocycles. The van der Waals surface area contributed by atoms with Gasteiger partial charge in [-0.05, 0) is 36.8 Å². The molecular formula is C15H12ClN3O. The predicted molar refractivity (Wildman–Crippen MR) is 80.2 cm³/mol. The van der Waals surface area contributed by atoms with Crippen LogP contribution in [0.25, 0.3) is 10.9 Å². The van der Waals surface area contributed by atoms with Gasteiger partial charge in [-0.15, -0.1) is 0 Å². The van der Waals surface area contributed by atoms with Crippen molar-refractivity contribution in [1.29, 1.82) is 0 Å². The lowest BCUT2D eigenvalue weighted by atomic mass is 10.1. The van der Waals surface area contributed by atoms with Crippen LogP contribution in [0, 0.1) is 6.92 Å². The molecule has 0 saturated heterocycles. The number of amides is 1. The van der Waals surface area contributed by atoms with Crippen LogP contribution in [0.1, 0.15) is 15.9 Å². The molecule has 100 valence electrons. The molecule has 2 N–H and O–H groups in total. The van der Waals surface area contributed by atoms with E-state index < -0.39 is 0 Å². The van der Waals surface area contributed by atoms with Crippen LogP contribution in [0.3, 0.4) is 0 Å². The predicted octanol–water partition coefficient (Wildman–Crippen LogP) is 3.78. The van der Waals surface area contributed by atoms with Gasteiger partial charge in [-0.1, -0.05) is 23.7 Å². The summed E-state index contributed by atoms with van der Waals surface area (Å²) in [6, 6.07) is 10.9. The van der Waals surface area contributed by atoms with Gasteiger partial charge in [-0.25, -0.2) is 0 Å². The van der Waals surface area contributed by atoms with Gasteiger partial charge in [0.05, 0.1) is 22.4 Å². The average molecular weight is 286 g/mol. The van der Waals surface area contributed by atoms with Gasteiger partial charge in [0, 0.05) is 10.9 Å². The number of anilines is 1. The number of nitrogens with one attached hydrogen (secondary N) is 2. The van der Waals surface area contributed by atoms with Gasteiger partial charge in [0.25, 0.3) is 5.91 Å². The standard InChI is InChI=1S/C15H12ClN3O/c1-9-2-5-13(12(16)6-9)18-15(20)10-3-4-11-8-17-19-14(11)7-10/h2-8H,1H3,(H,17,19)(H,18,20). The number of carbonyl (C=O) groups is 1. The Balaban J connectivity index is 1.88. The fourth-order valence-electron chi connectivity index (χ4n) is 1.99. The van der Waals surface area contributed by atoms with Crippen molar-refractivity contribution in [3.8, 4) is 0 Å². The van der Waals surface area contributed by atoms with Crippen LogP contribution in [0.15, 0.2) is 42.6 Å². The molecule has 0 aliphatic carbocycles. The molecule has 0 radical (unpaired) electrons. The molecule has 1 aromatic heterocycles. The molecule has 0 fully saturated rings. The third-order valence-corrected chi connectivity index (χ3v) is 3.39. The Hall–Kier alpha value is -2.33. The van der Waals surface area contributed by atoms with Crippen LogP contribution >= 0.6 is 11.6 Å². The number of hydrogen-bond acceptors (Lipinski definition) is 2. The van der Waals surface area contributed by atoms with E-state index >= 15 is 0 Å². The van der Waals surface area contributed by atoms with Crippen molar-refractivity contribution in [3.05, 3.63) is 58.7 Å². The number of fused-ring (bicyclic) bond motifs is 1. The number of nitrogens with zero attached hydrogens (tertiary/aromatic N) is 1. The second-order valence-electron chi connectivity index (χ2n) is 4.61. The number of H-pyrrole nitrogens is 1. The number of carbonyl (C=O) groups excluding carboxylic acids is 1. The SMILES string of the molecule is Cc1ccc(NC(=O)c2ccc3cn[nH]c3c2)c(Cl)c1. The molecule has 4 nitrogen and oxygen atoms in total. The Morgan fingerprint density at radius 3 is 2.90 bits per heavy atom. The summed E-state index contributed by atoms with van der Waals surface area (Å²) >= 11 is 6.11. The van der Waals surface area contributed by atoms with Crippen molar-refractivity contribution in [2.24, 2.45) is 0 Å². The van der Waals surface area contributed by atoms with E-state index in [1.54, 1.807) is 24.4 Å². The maximum Gasteiger partial charge on any atom is 0.255 e. The van der Waals surface area contributed by atoms with Crippen LogP contribution < -0.4 is 5.32 Å². The van der Waals surface area contributed by atoms with Crippen molar-refractivity contribution in [3.63, 3.8) is 0 Å². The Bertz CT molecular complexity index is 795.